The number of rotatable bonds is 1. The molecule has 4 nitrogen and oxygen atoms in total. The smallest absolute Gasteiger partial charge is 0.276 e. The third kappa shape index (κ3) is 2.05. The molecule has 0 aliphatic carbocycles. The fourth-order valence-corrected chi connectivity index (χ4v) is 2.41. The molecule has 2 aromatic rings. The Kier molecular flexibility index (Phi) is 2.71. The zero-order valence-electron chi connectivity index (χ0n) is 10.8. The number of nitrogens with two attached hydrogens (primary N) is 1. The van der Waals surface area contributed by atoms with E-state index in [1.54, 1.807) is 11.0 Å². The molecule has 0 bridgehead atoms. The Morgan fingerprint density at radius 1 is 1.32 bits per heavy atom. The van der Waals surface area contributed by atoms with Crippen molar-refractivity contribution in [1.29, 1.82) is 0 Å². The molecule has 96 valence electrons. The Balaban J connectivity index is 1.97. The Labute approximate surface area is 111 Å². The molecule has 0 saturated carbocycles. The van der Waals surface area contributed by atoms with E-state index >= 15 is 0 Å². The van der Waals surface area contributed by atoms with E-state index in [1.165, 1.54) is 0 Å². The molecular weight excluding hydrogens is 238 g/mol. The van der Waals surface area contributed by atoms with E-state index in [1.807, 2.05) is 37.3 Å². The number of amides is 1. The predicted molar refractivity (Wildman–Crippen MR) is 75.2 cm³/mol. The second-order valence-electron chi connectivity index (χ2n) is 4.76. The molecule has 1 aromatic carbocycles. The molecule has 1 aliphatic rings. The molecule has 0 saturated heterocycles. The summed E-state index contributed by atoms with van der Waals surface area (Å²) in [7, 11) is 0. The average Bonchev–Trinajstić information content (AvgIpc) is 2.80. The van der Waals surface area contributed by atoms with Crippen molar-refractivity contribution in [3.63, 3.8) is 0 Å². The first-order chi connectivity index (χ1) is 9.15. The number of hydrogen-bond donors (Lipinski definition) is 1. The summed E-state index contributed by atoms with van der Waals surface area (Å²) in [6.07, 6.45) is 0.868. The number of carbonyl (C=O) groups is 1. The summed E-state index contributed by atoms with van der Waals surface area (Å²) in [6.45, 7) is 2.57. The third-order valence-corrected chi connectivity index (χ3v) is 3.36. The van der Waals surface area contributed by atoms with Crippen LogP contribution in [-0.2, 0) is 6.42 Å². The number of carbonyl (C=O) groups excluding carboxylic acids is 1. The van der Waals surface area contributed by atoms with Crippen LogP contribution in [0.1, 0.15) is 21.7 Å². The van der Waals surface area contributed by atoms with Crippen LogP contribution in [0.4, 0.5) is 11.4 Å². The summed E-state index contributed by atoms with van der Waals surface area (Å²) < 4.78 is 0. The summed E-state index contributed by atoms with van der Waals surface area (Å²) in [5, 5.41) is 0. The number of pyridine rings is 1. The van der Waals surface area contributed by atoms with Crippen molar-refractivity contribution < 1.29 is 4.79 Å². The van der Waals surface area contributed by atoms with Gasteiger partial charge in [-0.2, -0.15) is 0 Å². The molecule has 2 heterocycles. The van der Waals surface area contributed by atoms with Crippen LogP contribution in [0.5, 0.6) is 0 Å². The van der Waals surface area contributed by atoms with Crippen LogP contribution in [0.3, 0.4) is 0 Å². The molecule has 0 radical (unpaired) electrons. The minimum absolute atomic E-state index is 0.0620. The van der Waals surface area contributed by atoms with Gasteiger partial charge in [-0.25, -0.2) is 4.98 Å². The topological polar surface area (TPSA) is 59.2 Å². The van der Waals surface area contributed by atoms with Crippen LogP contribution in [-0.4, -0.2) is 17.4 Å². The number of nitrogen functional groups attached to an aromatic ring is 1. The fourth-order valence-electron chi connectivity index (χ4n) is 2.41. The zero-order valence-corrected chi connectivity index (χ0v) is 10.8. The number of nitrogens with zero attached hydrogens (tertiary/aromatic N) is 2. The monoisotopic (exact) mass is 253 g/mol. The number of hydrogen-bond acceptors (Lipinski definition) is 3. The normalized spacial score (nSPS) is 13.4. The molecule has 1 aliphatic heterocycles. The molecule has 1 aromatic heterocycles. The molecule has 3 rings (SSSR count). The molecule has 0 unspecified atom stereocenters. The van der Waals surface area contributed by atoms with Crippen molar-refractivity contribution in [2.24, 2.45) is 0 Å². The molecule has 1 amide bonds. The van der Waals surface area contributed by atoms with Gasteiger partial charge in [-0.05, 0) is 43.2 Å². The SMILES string of the molecule is Cc1cccc(C(=O)N2CCc3ccc(N)cc32)n1. The van der Waals surface area contributed by atoms with Crippen LogP contribution in [0, 0.1) is 6.92 Å². The quantitative estimate of drug-likeness (QED) is 0.792. The molecule has 19 heavy (non-hydrogen) atoms. The fraction of sp³-hybridized carbons (Fsp3) is 0.200. The van der Waals surface area contributed by atoms with Gasteiger partial charge in [-0.15, -0.1) is 0 Å². The van der Waals surface area contributed by atoms with Gasteiger partial charge in [0.15, 0.2) is 0 Å². The van der Waals surface area contributed by atoms with Crippen molar-refractivity contribution in [2.75, 3.05) is 17.2 Å². The van der Waals surface area contributed by atoms with E-state index < -0.39 is 0 Å². The number of fused-ring (bicyclic) bond motifs is 1. The second-order valence-corrected chi connectivity index (χ2v) is 4.76. The maximum Gasteiger partial charge on any atom is 0.276 e. The Morgan fingerprint density at radius 3 is 2.95 bits per heavy atom. The lowest BCUT2D eigenvalue weighted by molar-refractivity contribution is 0.0984. The highest BCUT2D eigenvalue weighted by atomic mass is 16.2. The van der Waals surface area contributed by atoms with Crippen molar-refractivity contribution in [3.05, 3.63) is 53.3 Å². The van der Waals surface area contributed by atoms with Crippen molar-refractivity contribution >= 4 is 17.3 Å². The summed E-state index contributed by atoms with van der Waals surface area (Å²) >= 11 is 0. The summed E-state index contributed by atoms with van der Waals surface area (Å²) in [5.41, 5.74) is 9.88. The first-order valence-electron chi connectivity index (χ1n) is 6.29. The lowest BCUT2D eigenvalue weighted by Crippen LogP contribution is -2.29. The van der Waals surface area contributed by atoms with Gasteiger partial charge in [0, 0.05) is 23.6 Å². The maximum absolute atomic E-state index is 12.5. The highest BCUT2D eigenvalue weighted by Gasteiger charge is 2.26. The van der Waals surface area contributed by atoms with E-state index in [0.717, 1.165) is 23.4 Å². The van der Waals surface area contributed by atoms with E-state index in [2.05, 4.69) is 4.98 Å². The summed E-state index contributed by atoms with van der Waals surface area (Å²) in [5.74, 6) is -0.0620. The number of anilines is 2. The van der Waals surface area contributed by atoms with Crippen molar-refractivity contribution in [1.82, 2.24) is 4.98 Å². The zero-order chi connectivity index (χ0) is 13.4. The van der Waals surface area contributed by atoms with Crippen LogP contribution in [0.2, 0.25) is 0 Å². The first kappa shape index (κ1) is 11.7. The van der Waals surface area contributed by atoms with E-state index in [9.17, 15) is 4.79 Å². The molecule has 2 N–H and O–H groups in total. The standard InChI is InChI=1S/C15H15N3O/c1-10-3-2-4-13(17-10)15(19)18-8-7-11-5-6-12(16)9-14(11)18/h2-6,9H,7-8,16H2,1H3. The van der Waals surface area contributed by atoms with Crippen LogP contribution in [0.15, 0.2) is 36.4 Å². The molecule has 0 spiro atoms. The van der Waals surface area contributed by atoms with Gasteiger partial charge in [0.25, 0.3) is 5.91 Å². The average molecular weight is 253 g/mol. The van der Waals surface area contributed by atoms with Gasteiger partial charge in [-0.3, -0.25) is 4.79 Å². The van der Waals surface area contributed by atoms with Crippen LogP contribution >= 0.6 is 0 Å². The molecule has 4 heteroatoms. The largest absolute Gasteiger partial charge is 0.399 e. The number of aryl methyl sites for hydroxylation is 1. The van der Waals surface area contributed by atoms with Gasteiger partial charge < -0.3 is 10.6 Å². The van der Waals surface area contributed by atoms with Gasteiger partial charge in [0.2, 0.25) is 0 Å². The highest BCUT2D eigenvalue weighted by molar-refractivity contribution is 6.06. The lowest BCUT2D eigenvalue weighted by Gasteiger charge is -2.17. The Hall–Kier alpha value is -2.36. The molecule has 0 atom stereocenters. The van der Waals surface area contributed by atoms with Crippen LogP contribution < -0.4 is 10.6 Å². The summed E-state index contributed by atoms with van der Waals surface area (Å²) in [4.78, 5) is 18.5. The molecular formula is C15H15N3O. The Bertz CT molecular complexity index is 652. The third-order valence-electron chi connectivity index (χ3n) is 3.36. The van der Waals surface area contributed by atoms with E-state index in [4.69, 9.17) is 5.73 Å². The number of benzene rings is 1. The minimum Gasteiger partial charge on any atom is -0.399 e. The Morgan fingerprint density at radius 2 is 2.16 bits per heavy atom. The van der Waals surface area contributed by atoms with E-state index in [0.29, 0.717) is 17.9 Å². The summed E-state index contributed by atoms with van der Waals surface area (Å²) in [6, 6.07) is 11.2. The minimum atomic E-state index is -0.0620. The van der Waals surface area contributed by atoms with Crippen LogP contribution in [0.25, 0.3) is 0 Å². The van der Waals surface area contributed by atoms with E-state index in [-0.39, 0.29) is 5.91 Å². The molecule has 0 fully saturated rings. The lowest BCUT2D eigenvalue weighted by atomic mass is 10.1. The van der Waals surface area contributed by atoms with Gasteiger partial charge in [0.1, 0.15) is 5.69 Å². The van der Waals surface area contributed by atoms with Gasteiger partial charge in [0.05, 0.1) is 0 Å². The predicted octanol–water partition coefficient (Wildman–Crippen LogP) is 2.18. The van der Waals surface area contributed by atoms with Gasteiger partial charge in [-0.1, -0.05) is 12.1 Å². The highest BCUT2D eigenvalue weighted by Crippen LogP contribution is 2.30. The van der Waals surface area contributed by atoms with Gasteiger partial charge >= 0.3 is 0 Å². The first-order valence-corrected chi connectivity index (χ1v) is 6.29. The van der Waals surface area contributed by atoms with Crippen molar-refractivity contribution in [2.45, 2.75) is 13.3 Å². The maximum atomic E-state index is 12.5. The second kappa shape index (κ2) is 4.39. The van der Waals surface area contributed by atoms with Crippen molar-refractivity contribution in [3.8, 4) is 0 Å². The number of aromatic nitrogens is 1.